The molecule has 1 heterocycles. The predicted octanol–water partition coefficient (Wildman–Crippen LogP) is 3.38. The number of aryl methyl sites for hydroxylation is 1. The quantitative estimate of drug-likeness (QED) is 0.829. The van der Waals surface area contributed by atoms with E-state index in [1.54, 1.807) is 6.07 Å². The van der Waals surface area contributed by atoms with Crippen LogP contribution in [-0.4, -0.2) is 21.4 Å². The first-order chi connectivity index (χ1) is 10.5. The lowest BCUT2D eigenvalue weighted by atomic mass is 10.2. The Hall–Kier alpha value is -1.95. The average Bonchev–Trinajstić information content (AvgIpc) is 2.73. The molecule has 2 aromatic rings. The molecule has 0 bridgehead atoms. The highest BCUT2D eigenvalue weighted by Gasteiger charge is 2.13. The van der Waals surface area contributed by atoms with Gasteiger partial charge in [0, 0.05) is 6.54 Å². The van der Waals surface area contributed by atoms with Crippen LogP contribution in [0.3, 0.4) is 0 Å². The molecule has 0 radical (unpaired) electrons. The molecule has 0 fully saturated rings. The van der Waals surface area contributed by atoms with Crippen molar-refractivity contribution in [2.45, 2.75) is 33.7 Å². The molecule has 1 aromatic carbocycles. The number of aromatic nitrogens is 2. The highest BCUT2D eigenvalue weighted by Crippen LogP contribution is 2.20. The Labute approximate surface area is 135 Å². The van der Waals surface area contributed by atoms with E-state index >= 15 is 0 Å². The number of nitrogens with one attached hydrogen (secondary N) is 2. The molecule has 0 saturated carbocycles. The highest BCUT2D eigenvalue weighted by molar-refractivity contribution is 7.80. The molecule has 4 nitrogen and oxygen atoms in total. The Balaban J connectivity index is 2.14. The summed E-state index contributed by atoms with van der Waals surface area (Å²) in [5, 5.41) is 11.4. The Kier molecular flexibility index (Phi) is 5.49. The topological polar surface area (TPSA) is 41.9 Å². The Bertz CT molecular complexity index is 666. The molecule has 118 valence electrons. The zero-order valence-corrected chi connectivity index (χ0v) is 13.9. The van der Waals surface area contributed by atoms with Crippen molar-refractivity contribution >= 4 is 23.0 Å². The number of hydrogen-bond acceptors (Lipinski definition) is 2. The molecule has 6 heteroatoms. The van der Waals surface area contributed by atoms with Gasteiger partial charge >= 0.3 is 0 Å². The monoisotopic (exact) mass is 320 g/mol. The van der Waals surface area contributed by atoms with E-state index in [2.05, 4.69) is 22.7 Å². The molecule has 0 atom stereocenters. The lowest BCUT2D eigenvalue weighted by molar-refractivity contribution is 0.616. The molecule has 22 heavy (non-hydrogen) atoms. The Morgan fingerprint density at radius 3 is 2.82 bits per heavy atom. The van der Waals surface area contributed by atoms with E-state index in [-0.39, 0.29) is 5.82 Å². The molecule has 0 aliphatic rings. The molecule has 1 aromatic heterocycles. The normalized spacial score (nSPS) is 10.5. The van der Waals surface area contributed by atoms with Crippen LogP contribution < -0.4 is 10.6 Å². The number of hydrogen-bond donors (Lipinski definition) is 2. The maximum absolute atomic E-state index is 13.3. The van der Waals surface area contributed by atoms with Crippen LogP contribution in [0.4, 0.5) is 10.1 Å². The summed E-state index contributed by atoms with van der Waals surface area (Å²) < 4.78 is 15.1. The largest absolute Gasteiger partial charge is 0.362 e. The third kappa shape index (κ3) is 4.04. The van der Waals surface area contributed by atoms with Crippen molar-refractivity contribution in [3.8, 4) is 0 Å². The number of halogens is 1. The van der Waals surface area contributed by atoms with Crippen molar-refractivity contribution < 1.29 is 4.39 Å². The predicted molar refractivity (Wildman–Crippen MR) is 91.7 cm³/mol. The first-order valence-electron chi connectivity index (χ1n) is 7.34. The fourth-order valence-corrected chi connectivity index (χ4v) is 2.44. The molecule has 0 saturated heterocycles. The van der Waals surface area contributed by atoms with E-state index in [0.717, 1.165) is 35.6 Å². The van der Waals surface area contributed by atoms with E-state index in [1.807, 2.05) is 24.6 Å². The third-order valence-electron chi connectivity index (χ3n) is 3.38. The van der Waals surface area contributed by atoms with Crippen LogP contribution in [0.25, 0.3) is 0 Å². The van der Waals surface area contributed by atoms with Crippen molar-refractivity contribution in [1.29, 1.82) is 0 Å². The summed E-state index contributed by atoms with van der Waals surface area (Å²) in [6.45, 7) is 7.36. The van der Waals surface area contributed by atoms with E-state index < -0.39 is 0 Å². The Morgan fingerprint density at radius 1 is 1.36 bits per heavy atom. The molecule has 0 aliphatic carbocycles. The molecule has 2 rings (SSSR count). The van der Waals surface area contributed by atoms with Crippen molar-refractivity contribution in [2.24, 2.45) is 0 Å². The number of rotatable bonds is 5. The average molecular weight is 320 g/mol. The van der Waals surface area contributed by atoms with E-state index in [0.29, 0.717) is 11.7 Å². The smallest absolute Gasteiger partial charge is 0.170 e. The van der Waals surface area contributed by atoms with Crippen LogP contribution in [0.1, 0.15) is 30.3 Å². The van der Waals surface area contributed by atoms with Crippen LogP contribution in [-0.2, 0) is 6.54 Å². The van der Waals surface area contributed by atoms with Gasteiger partial charge in [-0.2, -0.15) is 5.10 Å². The highest BCUT2D eigenvalue weighted by atomic mass is 32.1. The zero-order chi connectivity index (χ0) is 16.1. The summed E-state index contributed by atoms with van der Waals surface area (Å²) in [7, 11) is 0. The van der Waals surface area contributed by atoms with E-state index in [4.69, 9.17) is 12.2 Å². The van der Waals surface area contributed by atoms with E-state index in [9.17, 15) is 4.39 Å². The second-order valence-corrected chi connectivity index (χ2v) is 5.62. The molecule has 0 amide bonds. The second kappa shape index (κ2) is 7.35. The van der Waals surface area contributed by atoms with Gasteiger partial charge in [0.25, 0.3) is 0 Å². The van der Waals surface area contributed by atoms with Gasteiger partial charge in [0.05, 0.1) is 23.6 Å². The van der Waals surface area contributed by atoms with Crippen LogP contribution in [0, 0.1) is 19.7 Å². The van der Waals surface area contributed by atoms with Crippen molar-refractivity contribution in [3.05, 3.63) is 47.0 Å². The van der Waals surface area contributed by atoms with Gasteiger partial charge in [0.1, 0.15) is 5.82 Å². The molecular weight excluding hydrogens is 299 g/mol. The van der Waals surface area contributed by atoms with Crippen molar-refractivity contribution in [3.63, 3.8) is 0 Å². The lowest BCUT2D eigenvalue weighted by Crippen LogP contribution is -2.29. The Morgan fingerprint density at radius 2 is 2.14 bits per heavy atom. The van der Waals surface area contributed by atoms with Gasteiger partial charge in [-0.05, 0) is 50.2 Å². The van der Waals surface area contributed by atoms with Gasteiger partial charge in [0.15, 0.2) is 5.11 Å². The fraction of sp³-hybridized carbons (Fsp3) is 0.375. The van der Waals surface area contributed by atoms with Crippen molar-refractivity contribution in [2.75, 3.05) is 11.9 Å². The van der Waals surface area contributed by atoms with Crippen LogP contribution in [0.5, 0.6) is 0 Å². The van der Waals surface area contributed by atoms with Gasteiger partial charge in [-0.15, -0.1) is 0 Å². The minimum absolute atomic E-state index is 0.234. The SMILES string of the molecule is CCCNC(=S)Nc1c(C)nn(Cc2cccc(F)c2)c1C. The summed E-state index contributed by atoms with van der Waals surface area (Å²) in [4.78, 5) is 0. The maximum Gasteiger partial charge on any atom is 0.170 e. The van der Waals surface area contributed by atoms with Gasteiger partial charge in [-0.3, -0.25) is 4.68 Å². The third-order valence-corrected chi connectivity index (χ3v) is 3.62. The van der Waals surface area contributed by atoms with Crippen LogP contribution in [0.15, 0.2) is 24.3 Å². The first kappa shape index (κ1) is 16.4. The zero-order valence-electron chi connectivity index (χ0n) is 13.1. The number of anilines is 1. The molecule has 2 N–H and O–H groups in total. The van der Waals surface area contributed by atoms with Gasteiger partial charge in [0.2, 0.25) is 0 Å². The van der Waals surface area contributed by atoms with E-state index in [1.165, 1.54) is 12.1 Å². The minimum Gasteiger partial charge on any atom is -0.362 e. The summed E-state index contributed by atoms with van der Waals surface area (Å²) >= 11 is 5.27. The van der Waals surface area contributed by atoms with Crippen LogP contribution in [0.2, 0.25) is 0 Å². The molecule has 0 aliphatic heterocycles. The van der Waals surface area contributed by atoms with Gasteiger partial charge in [-0.25, -0.2) is 4.39 Å². The minimum atomic E-state index is -0.234. The standard InChI is InChI=1S/C16H21FN4S/c1-4-8-18-16(22)19-15-11(2)20-21(12(15)3)10-13-6-5-7-14(17)9-13/h5-7,9H,4,8,10H2,1-3H3,(H2,18,19,22). The van der Waals surface area contributed by atoms with Crippen molar-refractivity contribution in [1.82, 2.24) is 15.1 Å². The summed E-state index contributed by atoms with van der Waals surface area (Å²) in [5.74, 6) is -0.234. The summed E-state index contributed by atoms with van der Waals surface area (Å²) in [6, 6.07) is 6.56. The summed E-state index contributed by atoms with van der Waals surface area (Å²) in [6.07, 6.45) is 1.01. The maximum atomic E-state index is 13.3. The molecule has 0 spiro atoms. The number of benzene rings is 1. The second-order valence-electron chi connectivity index (χ2n) is 5.21. The molecular formula is C16H21FN4S. The molecule has 0 unspecified atom stereocenters. The first-order valence-corrected chi connectivity index (χ1v) is 7.75. The fourth-order valence-electron chi connectivity index (χ4n) is 2.24. The summed E-state index contributed by atoms with van der Waals surface area (Å²) in [5.41, 5.74) is 3.63. The number of thiocarbonyl (C=S) groups is 1. The number of nitrogens with zero attached hydrogens (tertiary/aromatic N) is 2. The van der Waals surface area contributed by atoms with Gasteiger partial charge < -0.3 is 10.6 Å². The van der Waals surface area contributed by atoms with Gasteiger partial charge in [-0.1, -0.05) is 19.1 Å². The lowest BCUT2D eigenvalue weighted by Gasteiger charge is -2.10. The van der Waals surface area contributed by atoms with Crippen LogP contribution >= 0.6 is 12.2 Å².